The smallest absolute Gasteiger partial charge is 0.360 e. The van der Waals surface area contributed by atoms with Crippen molar-refractivity contribution in [2.45, 2.75) is 76.7 Å². The summed E-state index contributed by atoms with van der Waals surface area (Å²) in [6.45, 7) is 5.41. The number of rotatable bonds is 13. The second kappa shape index (κ2) is 16.3. The number of nitrogens with zero attached hydrogens (tertiary/aromatic N) is 4. The number of benzene rings is 2. The maximum absolute atomic E-state index is 13.9. The summed E-state index contributed by atoms with van der Waals surface area (Å²) in [5, 5.41) is 12.7. The summed E-state index contributed by atoms with van der Waals surface area (Å²) < 4.78 is 39.0. The molecule has 46 heavy (non-hydrogen) atoms. The Morgan fingerprint density at radius 3 is 2.43 bits per heavy atom. The molecule has 4 rings (SSSR count). The van der Waals surface area contributed by atoms with E-state index in [4.69, 9.17) is 28.9 Å². The third kappa shape index (κ3) is 10.0. The van der Waals surface area contributed by atoms with Crippen molar-refractivity contribution in [1.82, 2.24) is 20.0 Å². The Kier molecular flexibility index (Phi) is 12.7. The molecule has 250 valence electrons. The minimum Gasteiger partial charge on any atom is -0.360 e. The number of aromatic nitrogens is 2. The first-order valence-corrected chi connectivity index (χ1v) is 16.9. The Morgan fingerprint density at radius 1 is 1.09 bits per heavy atom. The summed E-state index contributed by atoms with van der Waals surface area (Å²) in [7, 11) is 0. The van der Waals surface area contributed by atoms with Crippen LogP contribution in [0.3, 0.4) is 0 Å². The lowest BCUT2D eigenvalue weighted by Gasteiger charge is -2.48. The van der Waals surface area contributed by atoms with Crippen LogP contribution in [0.2, 0.25) is 10.0 Å². The van der Waals surface area contributed by atoms with Gasteiger partial charge in [-0.2, -0.15) is 13.2 Å². The number of nitrogens with two attached hydrogens (primary N) is 1. The summed E-state index contributed by atoms with van der Waals surface area (Å²) >= 11 is 13.8. The Balaban J connectivity index is 1.49. The average Bonchev–Trinajstić information content (AvgIpc) is 3.52. The number of amides is 2. The first-order valence-electron chi connectivity index (χ1n) is 15.3. The first-order chi connectivity index (χ1) is 21.8. The van der Waals surface area contributed by atoms with Gasteiger partial charge in [-0.1, -0.05) is 66.6 Å². The Morgan fingerprint density at radius 2 is 1.80 bits per heavy atom. The van der Waals surface area contributed by atoms with Gasteiger partial charge in [0.05, 0.1) is 11.6 Å². The minimum absolute atomic E-state index is 0.0909. The molecular formula is C32H39Cl2F3N6O2S. The number of piperazine rings is 1. The fourth-order valence-corrected chi connectivity index (χ4v) is 6.74. The van der Waals surface area contributed by atoms with E-state index in [-0.39, 0.29) is 42.7 Å². The number of anilines is 1. The van der Waals surface area contributed by atoms with E-state index in [2.05, 4.69) is 29.4 Å². The molecule has 1 aliphatic heterocycles. The molecule has 14 heteroatoms. The van der Waals surface area contributed by atoms with Crippen molar-refractivity contribution in [2.75, 3.05) is 25.0 Å². The molecule has 1 aromatic heterocycles. The zero-order valence-corrected chi connectivity index (χ0v) is 28.1. The lowest BCUT2D eigenvalue weighted by Crippen LogP contribution is -2.63. The summed E-state index contributed by atoms with van der Waals surface area (Å²) in [4.78, 5) is 31.3. The van der Waals surface area contributed by atoms with Crippen molar-refractivity contribution in [1.29, 1.82) is 0 Å². The number of nitrogens with one attached hydrogen (secondary N) is 1. The number of aryl methyl sites for hydroxylation is 1. The predicted octanol–water partition coefficient (Wildman–Crippen LogP) is 6.71. The van der Waals surface area contributed by atoms with Crippen LogP contribution in [0.15, 0.2) is 48.0 Å². The number of carbonyl (C=O) groups is 2. The standard InChI is InChI=1S/C32H39Cl2F3N6O2S/c1-20(2)14-26-18-43(30(45)28(38)15-22-8-11-24(33)16-27(22)34)25(4-3-13-39-31-41-40-19-46-31)17-42(26)29(44)12-7-21-5-9-23(10-6-21)32(35,36)37/h5-6,8-11,16,19-20,25-26,28H,3-4,7,12-15,17-18,38H2,1-2H3,(H,39,41)/t25-,26+,28?/m0/s1. The largest absolute Gasteiger partial charge is 0.416 e. The molecule has 0 radical (unpaired) electrons. The lowest BCUT2D eigenvalue weighted by atomic mass is 9.93. The van der Waals surface area contributed by atoms with Gasteiger partial charge in [-0.15, -0.1) is 10.2 Å². The fraction of sp³-hybridized carbons (Fsp3) is 0.500. The van der Waals surface area contributed by atoms with E-state index < -0.39 is 17.8 Å². The van der Waals surface area contributed by atoms with Gasteiger partial charge in [0.15, 0.2) is 0 Å². The summed E-state index contributed by atoms with van der Waals surface area (Å²) in [5.41, 5.74) is 8.79. The topological polar surface area (TPSA) is 104 Å². The SMILES string of the molecule is CC(C)C[C@@H]1CN(C(=O)C(N)Cc2ccc(Cl)cc2Cl)[C@@H](CCCNc2nncs2)CN1C(=O)CCc1ccc(C(F)(F)F)cc1. The molecule has 1 fully saturated rings. The molecule has 3 aromatic rings. The van der Waals surface area contributed by atoms with E-state index >= 15 is 0 Å². The molecular weight excluding hydrogens is 660 g/mol. The molecule has 2 aromatic carbocycles. The van der Waals surface area contributed by atoms with Crippen LogP contribution >= 0.6 is 34.5 Å². The third-order valence-electron chi connectivity index (χ3n) is 8.07. The molecule has 1 unspecified atom stereocenters. The normalized spacial score (nSPS) is 17.8. The van der Waals surface area contributed by atoms with Crippen LogP contribution < -0.4 is 11.1 Å². The highest BCUT2D eigenvalue weighted by atomic mass is 35.5. The zero-order valence-electron chi connectivity index (χ0n) is 25.8. The van der Waals surface area contributed by atoms with Crippen molar-refractivity contribution >= 4 is 51.5 Å². The third-order valence-corrected chi connectivity index (χ3v) is 9.31. The maximum atomic E-state index is 13.9. The van der Waals surface area contributed by atoms with Crippen LogP contribution in [-0.2, 0) is 28.6 Å². The van der Waals surface area contributed by atoms with Gasteiger partial charge in [0.1, 0.15) is 5.51 Å². The molecule has 0 bridgehead atoms. The van der Waals surface area contributed by atoms with Crippen LogP contribution in [0.5, 0.6) is 0 Å². The second-order valence-corrected chi connectivity index (χ2v) is 13.7. The van der Waals surface area contributed by atoms with E-state index in [1.807, 2.05) is 9.80 Å². The number of alkyl halides is 3. The Labute approximate surface area is 281 Å². The van der Waals surface area contributed by atoms with Gasteiger partial charge in [0, 0.05) is 48.2 Å². The lowest BCUT2D eigenvalue weighted by molar-refractivity contribution is -0.148. The Hall–Kier alpha value is -2.93. The van der Waals surface area contributed by atoms with Gasteiger partial charge in [-0.3, -0.25) is 9.59 Å². The second-order valence-electron chi connectivity index (χ2n) is 12.0. The average molecular weight is 700 g/mol. The van der Waals surface area contributed by atoms with Crippen LogP contribution in [0.25, 0.3) is 0 Å². The van der Waals surface area contributed by atoms with Gasteiger partial charge >= 0.3 is 6.18 Å². The quantitative estimate of drug-likeness (QED) is 0.192. The van der Waals surface area contributed by atoms with E-state index in [0.717, 1.165) is 17.7 Å². The van der Waals surface area contributed by atoms with Crippen molar-refractivity contribution < 1.29 is 22.8 Å². The maximum Gasteiger partial charge on any atom is 0.416 e. The predicted molar refractivity (Wildman–Crippen MR) is 176 cm³/mol. The highest BCUT2D eigenvalue weighted by Crippen LogP contribution is 2.30. The van der Waals surface area contributed by atoms with Crippen molar-refractivity contribution in [3.8, 4) is 0 Å². The van der Waals surface area contributed by atoms with Gasteiger partial charge in [-0.25, -0.2) is 0 Å². The van der Waals surface area contributed by atoms with E-state index in [9.17, 15) is 22.8 Å². The van der Waals surface area contributed by atoms with Crippen LogP contribution in [0, 0.1) is 5.92 Å². The van der Waals surface area contributed by atoms with Gasteiger partial charge in [0.2, 0.25) is 16.9 Å². The van der Waals surface area contributed by atoms with E-state index in [1.54, 1.807) is 23.7 Å². The molecule has 1 aliphatic rings. The number of hydrogen-bond acceptors (Lipinski definition) is 7. The summed E-state index contributed by atoms with van der Waals surface area (Å²) in [6.07, 6.45) is -1.72. The summed E-state index contributed by atoms with van der Waals surface area (Å²) in [6, 6.07) is 8.65. The van der Waals surface area contributed by atoms with Crippen molar-refractivity contribution in [2.24, 2.45) is 11.7 Å². The number of carbonyl (C=O) groups excluding carboxylic acids is 2. The molecule has 3 atom stereocenters. The molecule has 0 saturated carbocycles. The molecule has 0 aliphatic carbocycles. The van der Waals surface area contributed by atoms with Gasteiger partial charge in [0.25, 0.3) is 0 Å². The van der Waals surface area contributed by atoms with E-state index in [0.29, 0.717) is 66.1 Å². The van der Waals surface area contributed by atoms with Gasteiger partial charge in [-0.05, 0) is 73.4 Å². The van der Waals surface area contributed by atoms with Crippen LogP contribution in [0.4, 0.5) is 18.3 Å². The molecule has 8 nitrogen and oxygen atoms in total. The summed E-state index contributed by atoms with van der Waals surface area (Å²) in [5.74, 6) is -0.0491. The Bertz CT molecular complexity index is 1440. The molecule has 1 saturated heterocycles. The van der Waals surface area contributed by atoms with Gasteiger partial charge < -0.3 is 20.9 Å². The number of hydrogen-bond donors (Lipinski definition) is 2. The van der Waals surface area contributed by atoms with E-state index in [1.165, 1.54) is 23.5 Å². The van der Waals surface area contributed by atoms with Crippen LogP contribution in [0.1, 0.15) is 56.2 Å². The molecule has 2 amide bonds. The van der Waals surface area contributed by atoms with Crippen molar-refractivity contribution in [3.63, 3.8) is 0 Å². The molecule has 2 heterocycles. The minimum atomic E-state index is -4.42. The fourth-order valence-electron chi connectivity index (χ4n) is 5.78. The first kappa shape index (κ1) is 35.9. The number of halogens is 5. The molecule has 0 spiro atoms. The van der Waals surface area contributed by atoms with Crippen molar-refractivity contribution in [3.05, 3.63) is 74.7 Å². The monoisotopic (exact) mass is 698 g/mol. The highest BCUT2D eigenvalue weighted by Gasteiger charge is 2.39. The molecule has 3 N–H and O–H groups in total. The van der Waals surface area contributed by atoms with Crippen LogP contribution in [-0.4, -0.2) is 69.6 Å². The zero-order chi connectivity index (χ0) is 33.4. The highest BCUT2D eigenvalue weighted by molar-refractivity contribution is 7.13.